The Bertz CT molecular complexity index is 1100. The van der Waals surface area contributed by atoms with Gasteiger partial charge in [0.2, 0.25) is 0 Å². The molecule has 1 heterocycles. The van der Waals surface area contributed by atoms with Crippen LogP contribution in [-0.4, -0.2) is 4.98 Å². The summed E-state index contributed by atoms with van der Waals surface area (Å²) >= 11 is 0. The minimum atomic E-state index is 0.00544. The van der Waals surface area contributed by atoms with E-state index in [0.29, 0.717) is 5.92 Å². The van der Waals surface area contributed by atoms with Crippen LogP contribution < -0.4 is 4.57 Å². The van der Waals surface area contributed by atoms with Gasteiger partial charge in [-0.3, -0.25) is 0 Å². The van der Waals surface area contributed by atoms with Crippen molar-refractivity contribution in [3.63, 3.8) is 0 Å². The molecule has 3 rings (SSSR count). The lowest BCUT2D eigenvalue weighted by atomic mass is 9.66. The highest BCUT2D eigenvalue weighted by atomic mass is 15.1. The van der Waals surface area contributed by atoms with Crippen molar-refractivity contribution in [2.75, 3.05) is 0 Å². The number of rotatable bonds is 28. The minimum Gasteiger partial charge on any atom is -0.247 e. The van der Waals surface area contributed by atoms with Gasteiger partial charge in [-0.25, -0.2) is 9.55 Å². The Kier molecular flexibility index (Phi) is 19.8. The van der Waals surface area contributed by atoms with Crippen molar-refractivity contribution in [2.45, 2.75) is 186 Å². The van der Waals surface area contributed by atoms with Crippen LogP contribution in [0.1, 0.15) is 185 Å². The Hall–Kier alpha value is -2.35. The Balaban J connectivity index is 1.64. The number of hydrogen-bond donors (Lipinski definition) is 1. The van der Waals surface area contributed by atoms with Gasteiger partial charge < -0.3 is 0 Å². The van der Waals surface area contributed by atoms with Crippen molar-refractivity contribution in [3.8, 4) is 0 Å². The number of hydrogen-bond acceptors (Lipinski definition) is 0. The molecule has 2 heteroatoms. The second-order valence-electron chi connectivity index (χ2n) is 14.5. The first-order chi connectivity index (χ1) is 22.7. The molecule has 3 aromatic rings. The topological polar surface area (TPSA) is 19.7 Å². The van der Waals surface area contributed by atoms with Gasteiger partial charge >= 0.3 is 0 Å². The van der Waals surface area contributed by atoms with Crippen molar-refractivity contribution >= 4 is 0 Å². The third kappa shape index (κ3) is 14.2. The maximum absolute atomic E-state index is 3.81. The highest BCUT2D eigenvalue weighted by molar-refractivity contribution is 5.32. The summed E-state index contributed by atoms with van der Waals surface area (Å²) < 4.78 is 2.58. The number of imidazole rings is 1. The second-order valence-corrected chi connectivity index (χ2v) is 14.5. The summed E-state index contributed by atoms with van der Waals surface area (Å²) in [4.78, 5) is 3.81. The molecule has 2 aromatic carbocycles. The van der Waals surface area contributed by atoms with Crippen LogP contribution in [0.15, 0.2) is 73.1 Å². The normalized spacial score (nSPS) is 13.5. The van der Waals surface area contributed by atoms with Gasteiger partial charge in [0.25, 0.3) is 5.82 Å². The lowest BCUT2D eigenvalue weighted by molar-refractivity contribution is -0.705. The fraction of sp³-hybridized carbons (Fsp3) is 0.659. The van der Waals surface area contributed by atoms with E-state index in [4.69, 9.17) is 0 Å². The first-order valence-electron chi connectivity index (χ1n) is 19.8. The SMILES string of the molecule is CCCCCCCCCCCCCC(c1[nH]cc[n+]1CCCCCCCCCCCC)C(C)(Cc1ccccc1)c1ccccc1. The van der Waals surface area contributed by atoms with E-state index in [1.54, 1.807) is 0 Å². The Morgan fingerprint density at radius 3 is 1.54 bits per heavy atom. The van der Waals surface area contributed by atoms with Gasteiger partial charge in [0.15, 0.2) is 0 Å². The molecule has 46 heavy (non-hydrogen) atoms. The molecule has 0 saturated heterocycles. The largest absolute Gasteiger partial charge is 0.258 e. The van der Waals surface area contributed by atoms with Crippen LogP contribution in [-0.2, 0) is 18.4 Å². The van der Waals surface area contributed by atoms with Crippen LogP contribution >= 0.6 is 0 Å². The Labute approximate surface area is 285 Å². The number of nitrogens with one attached hydrogen (secondary N) is 1. The number of aryl methyl sites for hydroxylation is 1. The average molecular weight is 628 g/mol. The van der Waals surface area contributed by atoms with E-state index in [1.165, 1.54) is 158 Å². The molecule has 0 spiro atoms. The van der Waals surface area contributed by atoms with Crippen LogP contribution in [0.3, 0.4) is 0 Å². The number of aromatic nitrogens is 2. The molecule has 1 N–H and O–H groups in total. The molecule has 0 amide bonds. The molecule has 0 bridgehead atoms. The van der Waals surface area contributed by atoms with E-state index >= 15 is 0 Å². The van der Waals surface area contributed by atoms with E-state index in [2.05, 4.69) is 103 Å². The molecule has 2 nitrogen and oxygen atoms in total. The van der Waals surface area contributed by atoms with Crippen LogP contribution in [0.25, 0.3) is 0 Å². The molecule has 2 unspecified atom stereocenters. The molecule has 256 valence electrons. The van der Waals surface area contributed by atoms with Crippen molar-refractivity contribution in [1.29, 1.82) is 0 Å². The van der Waals surface area contributed by atoms with Gasteiger partial charge in [-0.15, -0.1) is 0 Å². The molecule has 1 aromatic heterocycles. The predicted octanol–water partition coefficient (Wildman–Crippen LogP) is 13.2. The molecule has 0 saturated carbocycles. The average Bonchev–Trinajstić information content (AvgIpc) is 3.54. The van der Waals surface area contributed by atoms with Crippen molar-refractivity contribution < 1.29 is 4.57 Å². The van der Waals surface area contributed by atoms with Gasteiger partial charge in [-0.05, 0) is 36.8 Å². The smallest absolute Gasteiger partial charge is 0.247 e. The number of H-pyrrole nitrogens is 1. The number of nitrogens with zero attached hydrogens (tertiary/aromatic N) is 1. The van der Waals surface area contributed by atoms with Crippen molar-refractivity contribution in [3.05, 3.63) is 90.0 Å². The third-order valence-electron chi connectivity index (χ3n) is 10.6. The van der Waals surface area contributed by atoms with E-state index in [-0.39, 0.29) is 5.41 Å². The molecule has 0 fully saturated rings. The molecule has 0 aliphatic heterocycles. The maximum atomic E-state index is 3.81. The van der Waals surface area contributed by atoms with Gasteiger partial charge in [-0.2, -0.15) is 0 Å². The van der Waals surface area contributed by atoms with E-state index in [9.17, 15) is 0 Å². The fourth-order valence-corrected chi connectivity index (χ4v) is 7.68. The summed E-state index contributed by atoms with van der Waals surface area (Å²) in [6, 6.07) is 22.6. The van der Waals surface area contributed by atoms with E-state index < -0.39 is 0 Å². The minimum absolute atomic E-state index is 0.00544. The van der Waals surface area contributed by atoms with Crippen LogP contribution in [0.4, 0.5) is 0 Å². The predicted molar refractivity (Wildman–Crippen MR) is 201 cm³/mol. The molecular weight excluding hydrogens is 556 g/mol. The molecule has 0 aliphatic carbocycles. The highest BCUT2D eigenvalue weighted by Crippen LogP contribution is 2.43. The monoisotopic (exact) mass is 628 g/mol. The third-order valence-corrected chi connectivity index (χ3v) is 10.6. The summed E-state index contributed by atoms with van der Waals surface area (Å²) in [5, 5.41) is 0. The molecular formula is C44H71N2+. The van der Waals surface area contributed by atoms with E-state index in [0.717, 1.165) is 13.0 Å². The first kappa shape index (κ1) is 38.1. The molecule has 0 radical (unpaired) electrons. The summed E-state index contributed by atoms with van der Waals surface area (Å²) in [7, 11) is 0. The van der Waals surface area contributed by atoms with Crippen molar-refractivity contribution in [2.24, 2.45) is 0 Å². The van der Waals surface area contributed by atoms with Gasteiger partial charge in [0, 0.05) is 5.41 Å². The fourth-order valence-electron chi connectivity index (χ4n) is 7.68. The second kappa shape index (κ2) is 23.9. The summed E-state index contributed by atoms with van der Waals surface area (Å²) in [6.45, 7) is 8.29. The first-order valence-corrected chi connectivity index (χ1v) is 19.8. The zero-order valence-corrected chi connectivity index (χ0v) is 30.4. The zero-order valence-electron chi connectivity index (χ0n) is 30.4. The molecule has 2 atom stereocenters. The Morgan fingerprint density at radius 1 is 0.565 bits per heavy atom. The maximum Gasteiger partial charge on any atom is 0.258 e. The van der Waals surface area contributed by atoms with Crippen LogP contribution in [0.5, 0.6) is 0 Å². The number of unbranched alkanes of at least 4 members (excludes halogenated alkanes) is 19. The summed E-state index contributed by atoms with van der Waals surface area (Å²) in [5.41, 5.74) is 2.91. The number of benzene rings is 2. The molecule has 0 aliphatic rings. The van der Waals surface area contributed by atoms with Crippen LogP contribution in [0, 0.1) is 0 Å². The van der Waals surface area contributed by atoms with Crippen molar-refractivity contribution in [1.82, 2.24) is 4.98 Å². The standard InChI is InChI=1S/C44H70N2/c1-4-6-8-10-12-14-16-17-19-21-29-35-42(44(3,41-33-27-24-28-34-41)39-40-31-25-23-26-32-40)43-45-36-38-46(43)37-30-22-20-18-15-13-11-9-7-5-2/h23-28,31-34,36,38,42H,4-22,29-30,35,37,39H2,1-3H3/p+1. The lowest BCUT2D eigenvalue weighted by Gasteiger charge is -2.37. The summed E-state index contributed by atoms with van der Waals surface area (Å²) in [5.74, 6) is 1.87. The van der Waals surface area contributed by atoms with Gasteiger partial charge in [-0.1, -0.05) is 203 Å². The highest BCUT2D eigenvalue weighted by Gasteiger charge is 2.41. The zero-order chi connectivity index (χ0) is 32.5. The Morgan fingerprint density at radius 2 is 1.02 bits per heavy atom. The summed E-state index contributed by atoms with van der Waals surface area (Å²) in [6.07, 6.45) is 36.0. The lowest BCUT2D eigenvalue weighted by Crippen LogP contribution is -2.43. The van der Waals surface area contributed by atoms with Gasteiger partial charge in [0.1, 0.15) is 12.4 Å². The van der Waals surface area contributed by atoms with E-state index in [1.807, 2.05) is 0 Å². The van der Waals surface area contributed by atoms with Crippen LogP contribution in [0.2, 0.25) is 0 Å². The quantitative estimate of drug-likeness (QED) is 0.0610. The number of aromatic amines is 1. The van der Waals surface area contributed by atoms with Gasteiger partial charge in [0.05, 0.1) is 12.5 Å².